The highest BCUT2D eigenvalue weighted by Gasteiger charge is 2.21. The summed E-state index contributed by atoms with van der Waals surface area (Å²) in [5.41, 5.74) is 9.85. The van der Waals surface area contributed by atoms with Crippen LogP contribution in [0.3, 0.4) is 0 Å². The van der Waals surface area contributed by atoms with Gasteiger partial charge in [-0.25, -0.2) is 8.93 Å². The van der Waals surface area contributed by atoms with Crippen molar-refractivity contribution in [2.75, 3.05) is 0 Å². The maximum Gasteiger partial charge on any atom is 0.0975 e. The second kappa shape index (κ2) is 11.7. The maximum atomic E-state index is 12.2. The molecule has 5 nitrogen and oxygen atoms in total. The molecule has 0 unspecified atom stereocenters. The van der Waals surface area contributed by atoms with Gasteiger partial charge in [-0.15, -0.1) is 0 Å². The quantitative estimate of drug-likeness (QED) is 0.302. The van der Waals surface area contributed by atoms with Crippen LogP contribution in [0.2, 0.25) is 0 Å². The van der Waals surface area contributed by atoms with E-state index in [9.17, 15) is 4.21 Å². The second-order valence-corrected chi connectivity index (χ2v) is 11.8. The molecular weight excluding hydrogens is 464 g/mol. The Morgan fingerprint density at radius 1 is 0.833 bits per heavy atom. The molecule has 3 atom stereocenters. The van der Waals surface area contributed by atoms with Gasteiger partial charge in [0.15, 0.2) is 0 Å². The average Bonchev–Trinajstić information content (AvgIpc) is 2.86. The number of rotatable bonds is 6. The number of nitrogens with two attached hydrogens (primary N) is 1. The summed E-state index contributed by atoms with van der Waals surface area (Å²) < 4.78 is 15.1. The molecule has 0 aliphatic carbocycles. The lowest BCUT2D eigenvalue weighted by Gasteiger charge is -2.22. The Morgan fingerprint density at radius 3 is 1.75 bits per heavy atom. The summed E-state index contributed by atoms with van der Waals surface area (Å²) in [5, 5.41) is 4.50. The number of pyridine rings is 2. The average molecular weight is 501 g/mol. The smallest absolute Gasteiger partial charge is 0.0975 e. The number of aromatic nitrogens is 2. The number of fused-ring (bicyclic) bond motifs is 2. The Balaban J connectivity index is 0.000000212. The molecule has 6 heteroatoms. The molecule has 188 valence electrons. The fourth-order valence-corrected chi connectivity index (χ4v) is 4.34. The summed E-state index contributed by atoms with van der Waals surface area (Å²) in [6.07, 6.45) is 7.19. The third-order valence-electron chi connectivity index (χ3n) is 5.82. The van der Waals surface area contributed by atoms with Crippen LogP contribution in [0, 0.1) is 0 Å². The van der Waals surface area contributed by atoms with Gasteiger partial charge in [0.25, 0.3) is 0 Å². The topological polar surface area (TPSA) is 80.9 Å². The van der Waals surface area contributed by atoms with Gasteiger partial charge in [0, 0.05) is 35.2 Å². The van der Waals surface area contributed by atoms with E-state index in [1.54, 1.807) is 12.2 Å². The van der Waals surface area contributed by atoms with E-state index in [4.69, 9.17) is 5.73 Å². The number of nitrogens with zero attached hydrogens (tertiary/aromatic N) is 2. The third kappa shape index (κ3) is 6.94. The zero-order chi connectivity index (χ0) is 26.5. The van der Waals surface area contributed by atoms with Gasteiger partial charge >= 0.3 is 0 Å². The fourth-order valence-electron chi connectivity index (χ4n) is 3.53. The first-order valence-electron chi connectivity index (χ1n) is 12.0. The SMILES string of the molecule is C=Cc1cc2cc([C@@H](C)N)ccc2cn1.C=Cc1cc2cc([C@@H](C)N[S@](=O)C(C)(C)C)ccc2cn1. The number of nitrogens with one attached hydrogen (secondary N) is 1. The lowest BCUT2D eigenvalue weighted by Crippen LogP contribution is -2.34. The van der Waals surface area contributed by atoms with E-state index in [-0.39, 0.29) is 16.8 Å². The Hall–Kier alpha value is -3.19. The van der Waals surface area contributed by atoms with Crippen LogP contribution >= 0.6 is 0 Å². The van der Waals surface area contributed by atoms with Crippen molar-refractivity contribution in [1.82, 2.24) is 14.7 Å². The van der Waals surface area contributed by atoms with Gasteiger partial charge in [-0.2, -0.15) is 0 Å². The molecule has 2 aromatic carbocycles. The van der Waals surface area contributed by atoms with E-state index in [0.29, 0.717) is 0 Å². The summed E-state index contributed by atoms with van der Waals surface area (Å²) in [7, 11) is -1.09. The summed E-state index contributed by atoms with van der Waals surface area (Å²) in [6.45, 7) is 17.4. The minimum Gasteiger partial charge on any atom is -0.324 e. The standard InChI is InChI=1S/C17H22N2OS.C13H14N2/c1-6-16-10-15-9-13(7-8-14(15)11-18-16)12(2)19-21(20)17(3,4)5;1-3-13-7-12-6-10(9(2)14)4-5-11(12)8-15-13/h6-12,19H,1H2,2-5H3;3-9H,1,14H2,2H3/t12-,21-;9-/m11/s1. The third-order valence-corrected chi connectivity index (χ3v) is 7.50. The van der Waals surface area contributed by atoms with Crippen molar-refractivity contribution in [2.24, 2.45) is 5.73 Å². The summed E-state index contributed by atoms with van der Waals surface area (Å²) in [5.74, 6) is 0. The van der Waals surface area contributed by atoms with Gasteiger partial charge in [-0.3, -0.25) is 9.97 Å². The van der Waals surface area contributed by atoms with Crippen molar-refractivity contribution < 1.29 is 4.21 Å². The Morgan fingerprint density at radius 2 is 1.31 bits per heavy atom. The van der Waals surface area contributed by atoms with Crippen LogP contribution < -0.4 is 10.5 Å². The van der Waals surface area contributed by atoms with Crippen LogP contribution in [0.25, 0.3) is 33.7 Å². The van der Waals surface area contributed by atoms with Crippen LogP contribution in [-0.2, 0) is 11.0 Å². The highest BCUT2D eigenvalue weighted by atomic mass is 32.2. The van der Waals surface area contributed by atoms with Gasteiger partial charge in [0.05, 0.1) is 27.1 Å². The Labute approximate surface area is 217 Å². The number of hydrogen-bond donors (Lipinski definition) is 2. The first kappa shape index (κ1) is 27.4. The molecule has 0 bridgehead atoms. The van der Waals surface area contributed by atoms with Crippen LogP contribution in [0.4, 0.5) is 0 Å². The zero-order valence-corrected chi connectivity index (χ0v) is 22.6. The molecule has 3 N–H and O–H groups in total. The number of benzene rings is 2. The monoisotopic (exact) mass is 500 g/mol. The maximum absolute atomic E-state index is 12.2. The summed E-state index contributed by atoms with van der Waals surface area (Å²) >= 11 is 0. The molecule has 2 aromatic heterocycles. The van der Waals surface area contributed by atoms with Crippen LogP contribution in [0.15, 0.2) is 74.1 Å². The molecule has 0 saturated carbocycles. The first-order chi connectivity index (χ1) is 17.0. The molecule has 0 spiro atoms. The van der Waals surface area contributed by atoms with E-state index in [1.165, 1.54) is 0 Å². The van der Waals surface area contributed by atoms with E-state index in [0.717, 1.165) is 44.1 Å². The molecule has 0 fully saturated rings. The second-order valence-electron chi connectivity index (χ2n) is 9.85. The van der Waals surface area contributed by atoms with Crippen molar-refractivity contribution >= 4 is 44.7 Å². The molecule has 0 radical (unpaired) electrons. The fraction of sp³-hybridized carbons (Fsp3) is 0.267. The van der Waals surface area contributed by atoms with Crippen molar-refractivity contribution in [1.29, 1.82) is 0 Å². The molecule has 0 aliphatic heterocycles. The molecule has 2 heterocycles. The van der Waals surface area contributed by atoms with Crippen molar-refractivity contribution in [3.05, 3.63) is 96.6 Å². The summed E-state index contributed by atoms with van der Waals surface area (Å²) in [4.78, 5) is 8.55. The van der Waals surface area contributed by atoms with E-state index in [2.05, 4.69) is 46.0 Å². The van der Waals surface area contributed by atoms with E-state index >= 15 is 0 Å². The van der Waals surface area contributed by atoms with Crippen LogP contribution in [-0.4, -0.2) is 18.9 Å². The predicted molar refractivity (Wildman–Crippen MR) is 156 cm³/mol. The molecule has 4 aromatic rings. The molecule has 4 rings (SSSR count). The predicted octanol–water partition coefficient (Wildman–Crippen LogP) is 6.89. The van der Waals surface area contributed by atoms with E-state index < -0.39 is 11.0 Å². The molecule has 0 amide bonds. The van der Waals surface area contributed by atoms with Gasteiger partial charge < -0.3 is 5.73 Å². The lowest BCUT2D eigenvalue weighted by molar-refractivity contribution is 0.616. The first-order valence-corrected chi connectivity index (χ1v) is 13.1. The molecule has 0 aliphatic rings. The Bertz CT molecular complexity index is 1410. The van der Waals surface area contributed by atoms with Crippen molar-refractivity contribution in [2.45, 2.75) is 51.4 Å². The molecule has 36 heavy (non-hydrogen) atoms. The van der Waals surface area contributed by atoms with Gasteiger partial charge in [0.1, 0.15) is 0 Å². The van der Waals surface area contributed by atoms with Gasteiger partial charge in [-0.1, -0.05) is 37.4 Å². The van der Waals surface area contributed by atoms with Crippen molar-refractivity contribution in [3.63, 3.8) is 0 Å². The molecule has 0 saturated heterocycles. The minimum atomic E-state index is -1.09. The largest absolute Gasteiger partial charge is 0.324 e. The van der Waals surface area contributed by atoms with Gasteiger partial charge in [-0.05, 0) is 92.9 Å². The van der Waals surface area contributed by atoms with Crippen LogP contribution in [0.5, 0.6) is 0 Å². The normalized spacial score (nSPS) is 13.9. The Kier molecular flexibility index (Phi) is 8.90. The summed E-state index contributed by atoms with van der Waals surface area (Å²) in [6, 6.07) is 16.5. The van der Waals surface area contributed by atoms with Crippen molar-refractivity contribution in [3.8, 4) is 0 Å². The lowest BCUT2D eigenvalue weighted by atomic mass is 10.0. The highest BCUT2D eigenvalue weighted by Crippen LogP contribution is 2.23. The van der Waals surface area contributed by atoms with Crippen LogP contribution in [0.1, 0.15) is 69.2 Å². The molecular formula is C30H36N4OS. The zero-order valence-electron chi connectivity index (χ0n) is 21.8. The van der Waals surface area contributed by atoms with E-state index in [1.807, 2.05) is 77.3 Å². The van der Waals surface area contributed by atoms with Gasteiger partial charge in [0.2, 0.25) is 0 Å². The minimum absolute atomic E-state index is 0.0230. The number of hydrogen-bond acceptors (Lipinski definition) is 4. The highest BCUT2D eigenvalue weighted by molar-refractivity contribution is 7.84.